The standard InChI is InChI=1S/C24H23N3O3/c1-16-12-17-7-8-21(15-19(17)13-16)30-23-9-10-25-24(27-23)26-20-5-2-4-18(14-20)22(29)6-3-11-28/h2,4-5,7-10,13-15,28H,3,6,11-12H2,1H3,(H,25,26,27). The van der Waals surface area contributed by atoms with E-state index < -0.39 is 0 Å². The zero-order chi connectivity index (χ0) is 20.9. The minimum Gasteiger partial charge on any atom is -0.439 e. The molecule has 0 saturated heterocycles. The predicted molar refractivity (Wildman–Crippen MR) is 116 cm³/mol. The van der Waals surface area contributed by atoms with Crippen LogP contribution in [0.15, 0.2) is 60.3 Å². The lowest BCUT2D eigenvalue weighted by Gasteiger charge is -2.09. The zero-order valence-corrected chi connectivity index (χ0v) is 16.8. The van der Waals surface area contributed by atoms with Crippen molar-refractivity contribution in [3.05, 3.63) is 77.0 Å². The van der Waals surface area contributed by atoms with Gasteiger partial charge in [0.1, 0.15) is 5.75 Å². The number of ether oxygens (including phenoxy) is 1. The van der Waals surface area contributed by atoms with Gasteiger partial charge >= 0.3 is 0 Å². The van der Waals surface area contributed by atoms with E-state index in [1.54, 1.807) is 30.5 Å². The number of ketones is 1. The highest BCUT2D eigenvalue weighted by Crippen LogP contribution is 2.30. The molecule has 2 N–H and O–H groups in total. The number of aromatic nitrogens is 2. The molecule has 30 heavy (non-hydrogen) atoms. The summed E-state index contributed by atoms with van der Waals surface area (Å²) in [5.41, 5.74) is 5.12. The molecule has 0 bridgehead atoms. The predicted octanol–water partition coefficient (Wildman–Crippen LogP) is 4.93. The van der Waals surface area contributed by atoms with Crippen LogP contribution < -0.4 is 10.1 Å². The van der Waals surface area contributed by atoms with Crippen molar-refractivity contribution < 1.29 is 14.6 Å². The Morgan fingerprint density at radius 3 is 2.97 bits per heavy atom. The summed E-state index contributed by atoms with van der Waals surface area (Å²) in [4.78, 5) is 20.8. The molecule has 1 heterocycles. The van der Waals surface area contributed by atoms with Crippen LogP contribution >= 0.6 is 0 Å². The number of nitrogens with one attached hydrogen (secondary N) is 1. The van der Waals surface area contributed by atoms with Crippen LogP contribution in [0.4, 0.5) is 11.6 Å². The lowest BCUT2D eigenvalue weighted by Crippen LogP contribution is -2.02. The van der Waals surface area contributed by atoms with Gasteiger partial charge in [-0.1, -0.05) is 29.8 Å². The summed E-state index contributed by atoms with van der Waals surface area (Å²) in [6, 6.07) is 14.9. The number of anilines is 2. The van der Waals surface area contributed by atoms with Gasteiger partial charge in [-0.05, 0) is 55.2 Å². The Bertz CT molecular complexity index is 1110. The number of carbonyl (C=O) groups excluding carboxylic acids is 1. The fraction of sp³-hybridized carbons (Fsp3) is 0.208. The van der Waals surface area contributed by atoms with E-state index in [9.17, 15) is 4.79 Å². The van der Waals surface area contributed by atoms with Gasteiger partial charge in [0.05, 0.1) is 0 Å². The van der Waals surface area contributed by atoms with Crippen LogP contribution in [0.3, 0.4) is 0 Å². The van der Waals surface area contributed by atoms with Crippen molar-refractivity contribution in [2.45, 2.75) is 26.2 Å². The number of fused-ring (bicyclic) bond motifs is 1. The summed E-state index contributed by atoms with van der Waals surface area (Å²) in [7, 11) is 0. The van der Waals surface area contributed by atoms with E-state index in [0.717, 1.165) is 12.2 Å². The number of aliphatic hydroxyl groups excluding tert-OH is 1. The van der Waals surface area contributed by atoms with Gasteiger partial charge in [0.25, 0.3) is 0 Å². The average molecular weight is 401 g/mol. The number of hydrogen-bond donors (Lipinski definition) is 2. The number of hydrogen-bond acceptors (Lipinski definition) is 6. The monoisotopic (exact) mass is 401 g/mol. The third-order valence-electron chi connectivity index (χ3n) is 4.84. The molecular weight excluding hydrogens is 378 g/mol. The number of rotatable bonds is 8. The molecule has 0 spiro atoms. The number of carbonyl (C=O) groups is 1. The van der Waals surface area contributed by atoms with Crippen molar-refractivity contribution in [3.8, 4) is 11.6 Å². The molecule has 2 aromatic carbocycles. The van der Waals surface area contributed by atoms with Crippen LogP contribution in [0.1, 0.15) is 41.3 Å². The number of Topliss-reactive ketones (excluding diaryl/α,β-unsaturated/α-hetero) is 1. The Kier molecular flexibility index (Phi) is 5.86. The maximum absolute atomic E-state index is 12.2. The van der Waals surface area contributed by atoms with Gasteiger partial charge in [-0.3, -0.25) is 4.79 Å². The summed E-state index contributed by atoms with van der Waals surface area (Å²) in [6.45, 7) is 2.13. The van der Waals surface area contributed by atoms with Crippen LogP contribution in [0.5, 0.6) is 11.6 Å². The molecule has 0 atom stereocenters. The smallest absolute Gasteiger partial charge is 0.230 e. The molecular formula is C24H23N3O3. The fourth-order valence-corrected chi connectivity index (χ4v) is 3.41. The highest BCUT2D eigenvalue weighted by Gasteiger charge is 2.11. The molecule has 152 valence electrons. The molecule has 0 radical (unpaired) electrons. The first-order valence-electron chi connectivity index (χ1n) is 9.93. The van der Waals surface area contributed by atoms with Gasteiger partial charge in [0, 0.05) is 36.5 Å². The second-order valence-electron chi connectivity index (χ2n) is 7.30. The summed E-state index contributed by atoms with van der Waals surface area (Å²) < 4.78 is 5.93. The quantitative estimate of drug-likeness (QED) is 0.521. The number of nitrogens with zero attached hydrogens (tertiary/aromatic N) is 2. The Morgan fingerprint density at radius 2 is 2.10 bits per heavy atom. The Labute approximate surface area is 175 Å². The van der Waals surface area contributed by atoms with E-state index in [0.29, 0.717) is 35.9 Å². The molecule has 4 rings (SSSR count). The topological polar surface area (TPSA) is 84.3 Å². The molecule has 6 nitrogen and oxygen atoms in total. The third kappa shape index (κ3) is 4.72. The maximum atomic E-state index is 12.2. The van der Waals surface area contributed by atoms with Gasteiger partial charge < -0.3 is 15.2 Å². The van der Waals surface area contributed by atoms with E-state index in [4.69, 9.17) is 9.84 Å². The van der Waals surface area contributed by atoms with Crippen LogP contribution in [-0.2, 0) is 6.42 Å². The third-order valence-corrected chi connectivity index (χ3v) is 4.84. The Morgan fingerprint density at radius 1 is 1.20 bits per heavy atom. The summed E-state index contributed by atoms with van der Waals surface area (Å²) in [5, 5.41) is 12.0. The second kappa shape index (κ2) is 8.88. The van der Waals surface area contributed by atoms with Crippen molar-refractivity contribution in [1.82, 2.24) is 9.97 Å². The fourth-order valence-electron chi connectivity index (χ4n) is 3.41. The number of allylic oxidation sites excluding steroid dienone is 1. The second-order valence-corrected chi connectivity index (χ2v) is 7.30. The first kappa shape index (κ1) is 19.8. The molecule has 1 aliphatic rings. The minimum atomic E-state index is -0.00778. The van der Waals surface area contributed by atoms with Crippen LogP contribution in [0.2, 0.25) is 0 Å². The Balaban J connectivity index is 1.47. The minimum absolute atomic E-state index is 0.00439. The van der Waals surface area contributed by atoms with E-state index >= 15 is 0 Å². The van der Waals surface area contributed by atoms with E-state index in [2.05, 4.69) is 34.4 Å². The molecule has 3 aromatic rings. The number of aliphatic hydroxyl groups is 1. The Hall–Kier alpha value is -3.51. The maximum Gasteiger partial charge on any atom is 0.230 e. The van der Waals surface area contributed by atoms with Gasteiger partial charge in [-0.25, -0.2) is 4.98 Å². The highest BCUT2D eigenvalue weighted by molar-refractivity contribution is 5.97. The van der Waals surface area contributed by atoms with E-state index in [-0.39, 0.29) is 12.4 Å². The van der Waals surface area contributed by atoms with Gasteiger partial charge in [-0.15, -0.1) is 0 Å². The summed E-state index contributed by atoms with van der Waals surface area (Å²) in [5.74, 6) is 1.53. The average Bonchev–Trinajstić information content (AvgIpc) is 3.12. The lowest BCUT2D eigenvalue weighted by molar-refractivity contribution is 0.0971. The first-order chi connectivity index (χ1) is 14.6. The molecule has 0 saturated carbocycles. The van der Waals surface area contributed by atoms with Crippen molar-refractivity contribution in [1.29, 1.82) is 0 Å². The van der Waals surface area contributed by atoms with Gasteiger partial charge in [0.15, 0.2) is 5.78 Å². The first-order valence-corrected chi connectivity index (χ1v) is 9.93. The SMILES string of the molecule is CC1=Cc2cc(Oc3ccnc(Nc4cccc(C(=O)CCCO)c4)n3)ccc2C1. The van der Waals surface area contributed by atoms with Crippen molar-refractivity contribution in [2.24, 2.45) is 0 Å². The zero-order valence-electron chi connectivity index (χ0n) is 16.8. The van der Waals surface area contributed by atoms with Crippen molar-refractivity contribution in [3.63, 3.8) is 0 Å². The molecule has 6 heteroatoms. The number of benzene rings is 2. The van der Waals surface area contributed by atoms with Gasteiger partial charge in [0.2, 0.25) is 11.8 Å². The van der Waals surface area contributed by atoms with Crippen LogP contribution in [0, 0.1) is 0 Å². The summed E-state index contributed by atoms with van der Waals surface area (Å²) in [6.07, 6.45) is 5.55. The lowest BCUT2D eigenvalue weighted by atomic mass is 10.1. The van der Waals surface area contributed by atoms with E-state index in [1.807, 2.05) is 18.2 Å². The largest absolute Gasteiger partial charge is 0.439 e. The molecule has 0 amide bonds. The normalized spacial score (nSPS) is 12.3. The van der Waals surface area contributed by atoms with Crippen molar-refractivity contribution in [2.75, 3.05) is 11.9 Å². The van der Waals surface area contributed by atoms with Crippen LogP contribution in [0.25, 0.3) is 6.08 Å². The van der Waals surface area contributed by atoms with E-state index in [1.165, 1.54) is 16.7 Å². The summed E-state index contributed by atoms with van der Waals surface area (Å²) >= 11 is 0. The molecule has 1 aromatic heterocycles. The molecule has 0 fully saturated rings. The highest BCUT2D eigenvalue weighted by atomic mass is 16.5. The molecule has 0 unspecified atom stereocenters. The van der Waals surface area contributed by atoms with Gasteiger partial charge in [-0.2, -0.15) is 4.98 Å². The van der Waals surface area contributed by atoms with Crippen LogP contribution in [-0.4, -0.2) is 27.5 Å². The molecule has 0 aliphatic heterocycles. The molecule has 1 aliphatic carbocycles. The van der Waals surface area contributed by atoms with Crippen molar-refractivity contribution >= 4 is 23.5 Å².